The maximum Gasteiger partial charge on any atom is 0.273 e. The summed E-state index contributed by atoms with van der Waals surface area (Å²) in [7, 11) is 0. The van der Waals surface area contributed by atoms with Crippen molar-refractivity contribution in [3.8, 4) is 0 Å². The SMILES string of the molecule is Cc1n[nH]nc1C(=O)NCC1(O)CC1. The Morgan fingerprint density at radius 3 is 2.86 bits per heavy atom. The Hall–Kier alpha value is -1.43. The van der Waals surface area contributed by atoms with Crippen molar-refractivity contribution in [1.82, 2.24) is 20.7 Å². The molecular weight excluding hydrogens is 184 g/mol. The quantitative estimate of drug-likeness (QED) is 0.600. The van der Waals surface area contributed by atoms with E-state index in [1.807, 2.05) is 0 Å². The molecule has 14 heavy (non-hydrogen) atoms. The monoisotopic (exact) mass is 196 g/mol. The van der Waals surface area contributed by atoms with E-state index >= 15 is 0 Å². The van der Waals surface area contributed by atoms with Gasteiger partial charge in [0, 0.05) is 6.54 Å². The summed E-state index contributed by atoms with van der Waals surface area (Å²) in [5.74, 6) is -0.295. The highest BCUT2D eigenvalue weighted by atomic mass is 16.3. The molecule has 6 heteroatoms. The third-order valence-corrected chi connectivity index (χ3v) is 2.34. The molecule has 1 aromatic rings. The van der Waals surface area contributed by atoms with Crippen LogP contribution in [-0.4, -0.2) is 38.6 Å². The lowest BCUT2D eigenvalue weighted by atomic mass is 10.3. The molecule has 0 unspecified atom stereocenters. The van der Waals surface area contributed by atoms with Crippen molar-refractivity contribution in [2.24, 2.45) is 0 Å². The molecule has 1 amide bonds. The molecule has 1 heterocycles. The van der Waals surface area contributed by atoms with Crippen molar-refractivity contribution < 1.29 is 9.90 Å². The average Bonchev–Trinajstić information content (AvgIpc) is 2.72. The largest absolute Gasteiger partial charge is 0.388 e. The summed E-state index contributed by atoms with van der Waals surface area (Å²) in [6.45, 7) is 1.99. The first-order valence-corrected chi connectivity index (χ1v) is 4.49. The molecule has 0 aliphatic heterocycles. The van der Waals surface area contributed by atoms with Crippen molar-refractivity contribution >= 4 is 5.91 Å². The van der Waals surface area contributed by atoms with Gasteiger partial charge in [-0.25, -0.2) is 0 Å². The number of rotatable bonds is 3. The summed E-state index contributed by atoms with van der Waals surface area (Å²) in [4.78, 5) is 11.5. The zero-order valence-corrected chi connectivity index (χ0v) is 7.87. The van der Waals surface area contributed by atoms with E-state index in [-0.39, 0.29) is 18.1 Å². The number of hydrogen-bond acceptors (Lipinski definition) is 4. The van der Waals surface area contributed by atoms with E-state index in [0.29, 0.717) is 5.69 Å². The second-order valence-corrected chi connectivity index (χ2v) is 3.66. The number of aromatic nitrogens is 3. The summed E-state index contributed by atoms with van der Waals surface area (Å²) in [5.41, 5.74) is 0.173. The van der Waals surface area contributed by atoms with Gasteiger partial charge in [-0.2, -0.15) is 15.4 Å². The van der Waals surface area contributed by atoms with Gasteiger partial charge >= 0.3 is 0 Å². The molecule has 1 aliphatic carbocycles. The Bertz CT molecular complexity index is 356. The number of hydrogen-bond donors (Lipinski definition) is 3. The van der Waals surface area contributed by atoms with Crippen LogP contribution in [0.25, 0.3) is 0 Å². The molecule has 0 bridgehead atoms. The third kappa shape index (κ3) is 1.74. The molecule has 0 saturated heterocycles. The van der Waals surface area contributed by atoms with Gasteiger partial charge in [0.15, 0.2) is 5.69 Å². The van der Waals surface area contributed by atoms with E-state index in [1.54, 1.807) is 6.92 Å². The number of nitrogens with zero attached hydrogens (tertiary/aromatic N) is 2. The van der Waals surface area contributed by atoms with Gasteiger partial charge in [0.05, 0.1) is 11.3 Å². The zero-order chi connectivity index (χ0) is 10.2. The van der Waals surface area contributed by atoms with Gasteiger partial charge < -0.3 is 10.4 Å². The average molecular weight is 196 g/mol. The summed E-state index contributed by atoms with van der Waals surface area (Å²) in [6.07, 6.45) is 1.51. The number of aryl methyl sites for hydroxylation is 1. The van der Waals surface area contributed by atoms with Crippen LogP contribution in [0, 0.1) is 6.92 Å². The van der Waals surface area contributed by atoms with Crippen LogP contribution < -0.4 is 5.32 Å². The first kappa shape index (κ1) is 9.14. The third-order valence-electron chi connectivity index (χ3n) is 2.34. The van der Waals surface area contributed by atoms with Crippen molar-refractivity contribution in [2.75, 3.05) is 6.54 Å². The highest BCUT2D eigenvalue weighted by Crippen LogP contribution is 2.33. The van der Waals surface area contributed by atoms with E-state index in [9.17, 15) is 9.90 Å². The standard InChI is InChI=1S/C8H12N4O2/c1-5-6(11-12-10-5)7(13)9-4-8(14)2-3-8/h14H,2-4H2,1H3,(H,9,13)(H,10,11,12). The molecule has 2 rings (SSSR count). The van der Waals surface area contributed by atoms with E-state index in [2.05, 4.69) is 20.7 Å². The molecule has 76 valence electrons. The first-order valence-electron chi connectivity index (χ1n) is 4.49. The predicted molar refractivity (Wildman–Crippen MR) is 47.6 cm³/mol. The van der Waals surface area contributed by atoms with Crippen LogP contribution in [0.1, 0.15) is 29.0 Å². The zero-order valence-electron chi connectivity index (χ0n) is 7.87. The summed E-state index contributed by atoms with van der Waals surface area (Å²) >= 11 is 0. The Balaban J connectivity index is 1.93. The Labute approximate surface area is 80.7 Å². The smallest absolute Gasteiger partial charge is 0.273 e. The van der Waals surface area contributed by atoms with Crippen LogP contribution in [0.15, 0.2) is 0 Å². The first-order chi connectivity index (χ1) is 6.61. The van der Waals surface area contributed by atoms with E-state index in [1.165, 1.54) is 0 Å². The van der Waals surface area contributed by atoms with Crippen LogP contribution in [0.4, 0.5) is 0 Å². The Morgan fingerprint density at radius 2 is 2.36 bits per heavy atom. The van der Waals surface area contributed by atoms with Gasteiger partial charge in [0.2, 0.25) is 0 Å². The molecule has 0 atom stereocenters. The van der Waals surface area contributed by atoms with Crippen molar-refractivity contribution in [2.45, 2.75) is 25.4 Å². The van der Waals surface area contributed by atoms with Gasteiger partial charge in [-0.05, 0) is 19.8 Å². The molecule has 0 spiro atoms. The van der Waals surface area contributed by atoms with Gasteiger partial charge in [0.25, 0.3) is 5.91 Å². The Kier molecular flexibility index (Phi) is 1.99. The molecule has 0 aromatic carbocycles. The number of nitrogens with one attached hydrogen (secondary N) is 2. The maximum absolute atomic E-state index is 11.5. The highest BCUT2D eigenvalue weighted by Gasteiger charge is 2.40. The van der Waals surface area contributed by atoms with Crippen LogP contribution >= 0.6 is 0 Å². The van der Waals surface area contributed by atoms with Gasteiger partial charge in [-0.1, -0.05) is 0 Å². The lowest BCUT2D eigenvalue weighted by Gasteiger charge is -2.07. The van der Waals surface area contributed by atoms with Gasteiger partial charge in [-0.3, -0.25) is 4.79 Å². The number of amides is 1. The topological polar surface area (TPSA) is 90.9 Å². The van der Waals surface area contributed by atoms with Crippen molar-refractivity contribution in [3.63, 3.8) is 0 Å². The van der Waals surface area contributed by atoms with Gasteiger partial charge in [-0.15, -0.1) is 0 Å². The van der Waals surface area contributed by atoms with E-state index in [0.717, 1.165) is 12.8 Å². The lowest BCUT2D eigenvalue weighted by molar-refractivity contribution is 0.0890. The fourth-order valence-corrected chi connectivity index (χ4v) is 1.15. The fourth-order valence-electron chi connectivity index (χ4n) is 1.15. The molecule has 1 aliphatic rings. The molecule has 1 fully saturated rings. The minimum absolute atomic E-state index is 0.286. The van der Waals surface area contributed by atoms with Crippen LogP contribution in [0.5, 0.6) is 0 Å². The minimum Gasteiger partial charge on any atom is -0.388 e. The van der Waals surface area contributed by atoms with Crippen molar-refractivity contribution in [3.05, 3.63) is 11.4 Å². The molecular formula is C8H12N4O2. The summed E-state index contributed by atoms with van der Waals surface area (Å²) in [6, 6.07) is 0. The fraction of sp³-hybridized carbons (Fsp3) is 0.625. The predicted octanol–water partition coefficient (Wildman–Crippen LogP) is -0.632. The number of carbonyl (C=O) groups excluding carboxylic acids is 1. The number of carbonyl (C=O) groups is 1. The van der Waals surface area contributed by atoms with Gasteiger partial charge in [0.1, 0.15) is 0 Å². The molecule has 6 nitrogen and oxygen atoms in total. The second-order valence-electron chi connectivity index (χ2n) is 3.66. The van der Waals surface area contributed by atoms with Crippen LogP contribution in [0.3, 0.4) is 0 Å². The summed E-state index contributed by atoms with van der Waals surface area (Å²) in [5, 5.41) is 21.9. The van der Waals surface area contributed by atoms with Crippen LogP contribution in [-0.2, 0) is 0 Å². The van der Waals surface area contributed by atoms with E-state index < -0.39 is 5.60 Å². The molecule has 1 aromatic heterocycles. The number of aliphatic hydroxyl groups is 1. The summed E-state index contributed by atoms with van der Waals surface area (Å²) < 4.78 is 0. The van der Waals surface area contributed by atoms with Crippen LogP contribution in [0.2, 0.25) is 0 Å². The normalized spacial score (nSPS) is 17.9. The minimum atomic E-state index is -0.673. The van der Waals surface area contributed by atoms with Crippen molar-refractivity contribution in [1.29, 1.82) is 0 Å². The number of aromatic amines is 1. The van der Waals surface area contributed by atoms with E-state index in [4.69, 9.17) is 0 Å². The highest BCUT2D eigenvalue weighted by molar-refractivity contribution is 5.93. The lowest BCUT2D eigenvalue weighted by Crippen LogP contribution is -2.33. The molecule has 3 N–H and O–H groups in total. The molecule has 1 saturated carbocycles. The molecule has 0 radical (unpaired) electrons. The Morgan fingerprint density at radius 1 is 1.64 bits per heavy atom. The number of H-pyrrole nitrogens is 1. The second kappa shape index (κ2) is 3.06. The maximum atomic E-state index is 11.5.